The molecule has 1 aliphatic heterocycles. The van der Waals surface area contributed by atoms with Crippen LogP contribution in [-0.2, 0) is 18.9 Å². The summed E-state index contributed by atoms with van der Waals surface area (Å²) >= 11 is 0. The van der Waals surface area contributed by atoms with Gasteiger partial charge >= 0.3 is 14.1 Å². The largest absolute Gasteiger partial charge is 0.468 e. The van der Waals surface area contributed by atoms with Gasteiger partial charge in [0.05, 0.1) is 7.11 Å². The van der Waals surface area contributed by atoms with Crippen LogP contribution in [0.3, 0.4) is 0 Å². The van der Waals surface area contributed by atoms with Gasteiger partial charge in [-0.15, -0.1) is 0 Å². The van der Waals surface area contributed by atoms with Crippen LogP contribution >= 0.6 is 8.18 Å². The summed E-state index contributed by atoms with van der Waals surface area (Å²) in [5.41, 5.74) is 1.55. The van der Waals surface area contributed by atoms with Crippen molar-refractivity contribution in [3.8, 4) is 5.75 Å². The van der Waals surface area contributed by atoms with Gasteiger partial charge < -0.3 is 9.26 Å². The molecule has 1 heterocycles. The Hall–Kier alpha value is -1.89. The number of amides is 1. The molecule has 132 valence electrons. The van der Waals surface area contributed by atoms with E-state index in [2.05, 4.69) is 9.82 Å². The van der Waals surface area contributed by atoms with Gasteiger partial charge in [-0.3, -0.25) is 19.4 Å². The lowest BCUT2D eigenvalue weighted by atomic mass is 9.88. The van der Waals surface area contributed by atoms with E-state index in [0.717, 1.165) is 11.1 Å². The number of rotatable bonds is 6. The van der Waals surface area contributed by atoms with Crippen molar-refractivity contribution in [2.75, 3.05) is 20.2 Å². The summed E-state index contributed by atoms with van der Waals surface area (Å²) in [7, 11) is -1.46. The van der Waals surface area contributed by atoms with Crippen molar-refractivity contribution in [1.29, 1.82) is 0 Å². The number of ether oxygens (including phenoxy) is 1. The molecule has 2 N–H and O–H groups in total. The van der Waals surface area contributed by atoms with E-state index in [9.17, 15) is 19.4 Å². The number of carbonyl (C=O) groups is 2. The molecular formula is C15H21N2O6P. The third-order valence-corrected chi connectivity index (χ3v) is 4.73. The number of esters is 1. The first-order valence-corrected chi connectivity index (χ1v) is 8.85. The van der Waals surface area contributed by atoms with Crippen LogP contribution < -0.4 is 9.61 Å². The van der Waals surface area contributed by atoms with E-state index < -0.39 is 14.1 Å². The first kappa shape index (κ1) is 18.4. The van der Waals surface area contributed by atoms with Gasteiger partial charge in [-0.25, -0.2) is 10.2 Å². The zero-order valence-corrected chi connectivity index (χ0v) is 14.6. The number of hydrogen-bond acceptors (Lipinski definition) is 6. The quantitative estimate of drug-likeness (QED) is 0.453. The van der Waals surface area contributed by atoms with E-state index >= 15 is 0 Å². The summed E-state index contributed by atoms with van der Waals surface area (Å²) in [6.07, 6.45) is 0.741. The SMILES string of the molecule is COC(=O)CN[PH](=O)Oc1c(C)cccc1C1CCN(O)C(=O)C1. The maximum absolute atomic E-state index is 12.1. The Bertz CT molecular complexity index is 651. The lowest BCUT2D eigenvalue weighted by Crippen LogP contribution is -2.35. The van der Waals surface area contributed by atoms with Crippen molar-refractivity contribution in [3.05, 3.63) is 29.3 Å². The number of methoxy groups -OCH3 is 1. The molecule has 1 aliphatic rings. The highest BCUT2D eigenvalue weighted by molar-refractivity contribution is 7.37. The van der Waals surface area contributed by atoms with Crippen LogP contribution in [0.4, 0.5) is 0 Å². The van der Waals surface area contributed by atoms with Crippen LogP contribution in [0.15, 0.2) is 18.2 Å². The van der Waals surface area contributed by atoms with Crippen LogP contribution in [-0.4, -0.2) is 42.3 Å². The third kappa shape index (κ3) is 4.56. The molecular weight excluding hydrogens is 335 g/mol. The maximum Gasteiger partial charge on any atom is 0.320 e. The normalized spacial score (nSPS) is 19.0. The standard InChI is InChI=1S/C15H21N2O6P/c1-10-4-3-5-12(11-6-7-17(20)13(18)8-11)15(10)23-24(21)16-9-14(19)22-2/h3-5,11,20,24H,6-9H2,1-2H3,(H,16,21). The van der Waals surface area contributed by atoms with Gasteiger partial charge in [-0.2, -0.15) is 0 Å². The summed E-state index contributed by atoms with van der Waals surface area (Å²) in [6.45, 7) is 1.85. The Morgan fingerprint density at radius 2 is 2.25 bits per heavy atom. The molecule has 2 atom stereocenters. The topological polar surface area (TPSA) is 105 Å². The lowest BCUT2D eigenvalue weighted by Gasteiger charge is -2.28. The van der Waals surface area contributed by atoms with Gasteiger partial charge in [-0.05, 0) is 30.4 Å². The van der Waals surface area contributed by atoms with E-state index in [-0.39, 0.29) is 31.3 Å². The Morgan fingerprint density at radius 1 is 1.50 bits per heavy atom. The number of nitrogens with one attached hydrogen (secondary N) is 1. The summed E-state index contributed by atoms with van der Waals surface area (Å²) in [4.78, 5) is 22.8. The van der Waals surface area contributed by atoms with E-state index in [1.807, 2.05) is 25.1 Å². The number of hydroxylamine groups is 2. The predicted octanol–water partition coefficient (Wildman–Crippen LogP) is 1.62. The number of carbonyl (C=O) groups excluding carboxylic acids is 2. The second-order valence-electron chi connectivity index (χ2n) is 5.52. The number of nitrogens with zero attached hydrogens (tertiary/aromatic N) is 1. The molecule has 1 aromatic rings. The van der Waals surface area contributed by atoms with Crippen molar-refractivity contribution in [2.45, 2.75) is 25.7 Å². The molecule has 1 fully saturated rings. The van der Waals surface area contributed by atoms with Crippen LogP contribution in [0.2, 0.25) is 0 Å². The van der Waals surface area contributed by atoms with Crippen molar-refractivity contribution >= 4 is 20.1 Å². The van der Waals surface area contributed by atoms with E-state index in [0.29, 0.717) is 17.2 Å². The molecule has 24 heavy (non-hydrogen) atoms. The zero-order chi connectivity index (χ0) is 17.7. The minimum atomic E-state index is -2.70. The first-order chi connectivity index (χ1) is 11.4. The molecule has 0 aromatic heterocycles. The maximum atomic E-state index is 12.1. The molecule has 8 nitrogen and oxygen atoms in total. The summed E-state index contributed by atoms with van der Waals surface area (Å²) < 4.78 is 22.1. The second-order valence-corrected chi connectivity index (χ2v) is 6.65. The molecule has 1 amide bonds. The van der Waals surface area contributed by atoms with Crippen molar-refractivity contribution in [3.63, 3.8) is 0 Å². The van der Waals surface area contributed by atoms with Crippen molar-refractivity contribution in [1.82, 2.24) is 10.2 Å². The van der Waals surface area contributed by atoms with Gasteiger partial charge in [0.15, 0.2) is 0 Å². The molecule has 9 heteroatoms. The van der Waals surface area contributed by atoms with Crippen molar-refractivity contribution in [2.24, 2.45) is 0 Å². The number of piperidine rings is 1. The van der Waals surface area contributed by atoms with Gasteiger partial charge in [-0.1, -0.05) is 18.2 Å². The number of benzene rings is 1. The molecule has 0 spiro atoms. The molecule has 0 saturated carbocycles. The highest BCUT2D eigenvalue weighted by Crippen LogP contribution is 2.39. The zero-order valence-electron chi connectivity index (χ0n) is 13.6. The van der Waals surface area contributed by atoms with Crippen LogP contribution in [0.25, 0.3) is 0 Å². The summed E-state index contributed by atoms with van der Waals surface area (Å²) in [6, 6.07) is 5.48. The fourth-order valence-electron chi connectivity index (χ4n) is 2.57. The number of para-hydroxylation sites is 1. The Morgan fingerprint density at radius 3 is 2.92 bits per heavy atom. The predicted molar refractivity (Wildman–Crippen MR) is 86.3 cm³/mol. The molecule has 1 saturated heterocycles. The fraction of sp³-hybridized carbons (Fsp3) is 0.467. The summed E-state index contributed by atoms with van der Waals surface area (Å²) in [5, 5.41) is 12.6. The monoisotopic (exact) mass is 356 g/mol. The highest BCUT2D eigenvalue weighted by atomic mass is 31.1. The van der Waals surface area contributed by atoms with Crippen LogP contribution in [0, 0.1) is 6.92 Å². The minimum absolute atomic E-state index is 0.119. The lowest BCUT2D eigenvalue weighted by molar-refractivity contribution is -0.170. The molecule has 0 radical (unpaired) electrons. The average molecular weight is 356 g/mol. The average Bonchev–Trinajstić information content (AvgIpc) is 2.57. The second kappa shape index (κ2) is 8.28. The van der Waals surface area contributed by atoms with Crippen molar-refractivity contribution < 1.29 is 28.6 Å². The molecule has 0 aliphatic carbocycles. The van der Waals surface area contributed by atoms with Gasteiger partial charge in [0.1, 0.15) is 12.3 Å². The molecule has 2 rings (SSSR count). The number of hydrogen-bond donors (Lipinski definition) is 2. The molecule has 1 aromatic carbocycles. The number of aryl methyl sites for hydroxylation is 1. The Balaban J connectivity index is 2.13. The third-order valence-electron chi connectivity index (χ3n) is 3.88. The van der Waals surface area contributed by atoms with E-state index in [1.54, 1.807) is 0 Å². The van der Waals surface area contributed by atoms with Crippen LogP contribution in [0.1, 0.15) is 29.9 Å². The molecule has 0 bridgehead atoms. The van der Waals surface area contributed by atoms with Gasteiger partial charge in [0.2, 0.25) is 5.91 Å². The fourth-order valence-corrected chi connectivity index (χ4v) is 3.39. The highest BCUT2D eigenvalue weighted by Gasteiger charge is 2.28. The first-order valence-electron chi connectivity index (χ1n) is 7.53. The minimum Gasteiger partial charge on any atom is -0.468 e. The van der Waals surface area contributed by atoms with Crippen LogP contribution in [0.5, 0.6) is 5.75 Å². The molecule has 2 unspecified atom stereocenters. The Kier molecular flexibility index (Phi) is 6.36. The smallest absolute Gasteiger partial charge is 0.320 e. The Labute approximate surface area is 140 Å². The van der Waals surface area contributed by atoms with E-state index in [4.69, 9.17) is 4.52 Å². The summed E-state index contributed by atoms with van der Waals surface area (Å²) in [5.74, 6) is -0.563. The van der Waals surface area contributed by atoms with Gasteiger partial charge in [0.25, 0.3) is 0 Å². The van der Waals surface area contributed by atoms with Gasteiger partial charge in [0, 0.05) is 13.0 Å². The van der Waals surface area contributed by atoms with E-state index in [1.165, 1.54) is 7.11 Å².